The van der Waals surface area contributed by atoms with E-state index < -0.39 is 22.8 Å². The lowest BCUT2D eigenvalue weighted by atomic mass is 9.98. The quantitative estimate of drug-likeness (QED) is 0.629. The molecule has 0 bridgehead atoms. The van der Waals surface area contributed by atoms with E-state index in [9.17, 15) is 19.5 Å². The zero-order chi connectivity index (χ0) is 14.5. The minimum atomic E-state index is -0.925. The van der Waals surface area contributed by atoms with Crippen molar-refractivity contribution < 1.29 is 9.90 Å². The normalized spacial score (nSPS) is 11.3. The molecule has 0 saturated carbocycles. The Morgan fingerprint density at radius 2 is 2.05 bits per heavy atom. The smallest absolute Gasteiger partial charge is 0.328 e. The van der Waals surface area contributed by atoms with E-state index >= 15 is 0 Å². The summed E-state index contributed by atoms with van der Waals surface area (Å²) in [5.74, 6) is -0.394. The third-order valence-electron chi connectivity index (χ3n) is 3.14. The van der Waals surface area contributed by atoms with Crippen LogP contribution in [0, 0.1) is 0 Å². The molecule has 7 heteroatoms. The van der Waals surface area contributed by atoms with Gasteiger partial charge in [0.1, 0.15) is 6.54 Å². The van der Waals surface area contributed by atoms with Crippen LogP contribution in [-0.2, 0) is 11.3 Å². The second-order valence-corrected chi connectivity index (χ2v) is 4.45. The molecule has 0 unspecified atom stereocenters. The number of carbonyl (C=O) groups excluding carboxylic acids is 1. The Bertz CT molecular complexity index is 542. The maximum atomic E-state index is 11.7. The molecule has 1 rings (SSSR count). The van der Waals surface area contributed by atoms with Gasteiger partial charge in [-0.05, 0) is 12.8 Å². The first-order valence-corrected chi connectivity index (χ1v) is 6.19. The van der Waals surface area contributed by atoms with Gasteiger partial charge in [0, 0.05) is 18.8 Å². The molecule has 3 N–H and O–H groups in total. The van der Waals surface area contributed by atoms with Crippen molar-refractivity contribution in [3.63, 3.8) is 0 Å². The number of carbonyl (C=O) groups is 1. The van der Waals surface area contributed by atoms with Crippen LogP contribution in [0.25, 0.3) is 0 Å². The van der Waals surface area contributed by atoms with Gasteiger partial charge in [0.15, 0.2) is 0 Å². The fourth-order valence-electron chi connectivity index (χ4n) is 1.54. The lowest BCUT2D eigenvalue weighted by molar-refractivity contribution is -0.123. The monoisotopic (exact) mass is 269 g/mol. The van der Waals surface area contributed by atoms with Gasteiger partial charge in [-0.1, -0.05) is 13.8 Å². The molecule has 0 atom stereocenters. The summed E-state index contributed by atoms with van der Waals surface area (Å²) >= 11 is 0. The SMILES string of the molecule is CCC(O)(CC)CNC(=O)Cn1ccc(=O)[nH]c1=O. The minimum absolute atomic E-state index is 0.136. The maximum absolute atomic E-state index is 11.7. The Morgan fingerprint density at radius 1 is 1.42 bits per heavy atom. The standard InChI is InChI=1S/C12H19N3O4/c1-3-12(19,4-2)8-13-10(17)7-15-6-5-9(16)14-11(15)18/h5-6,19H,3-4,7-8H2,1-2H3,(H,13,17)(H,14,16,18). The average Bonchev–Trinajstić information content (AvgIpc) is 2.39. The van der Waals surface area contributed by atoms with E-state index in [2.05, 4.69) is 10.3 Å². The highest BCUT2D eigenvalue weighted by Gasteiger charge is 2.22. The summed E-state index contributed by atoms with van der Waals surface area (Å²) in [5.41, 5.74) is -2.07. The lowest BCUT2D eigenvalue weighted by Gasteiger charge is -2.25. The molecule has 0 aromatic carbocycles. The molecule has 1 heterocycles. The number of rotatable bonds is 6. The number of aromatic amines is 1. The van der Waals surface area contributed by atoms with Gasteiger partial charge in [-0.3, -0.25) is 19.1 Å². The van der Waals surface area contributed by atoms with Crippen LogP contribution in [0.15, 0.2) is 21.9 Å². The number of amides is 1. The van der Waals surface area contributed by atoms with Crippen molar-refractivity contribution in [2.24, 2.45) is 0 Å². The van der Waals surface area contributed by atoms with Crippen molar-refractivity contribution in [3.8, 4) is 0 Å². The fourth-order valence-corrected chi connectivity index (χ4v) is 1.54. The molecule has 19 heavy (non-hydrogen) atoms. The molecular formula is C12H19N3O4. The number of hydrogen-bond acceptors (Lipinski definition) is 4. The number of hydrogen-bond donors (Lipinski definition) is 3. The van der Waals surface area contributed by atoms with E-state index in [1.54, 1.807) is 0 Å². The van der Waals surface area contributed by atoms with Crippen LogP contribution < -0.4 is 16.6 Å². The van der Waals surface area contributed by atoms with Crippen molar-refractivity contribution in [2.75, 3.05) is 6.54 Å². The molecule has 0 aliphatic carbocycles. The third kappa shape index (κ3) is 4.36. The summed E-state index contributed by atoms with van der Waals surface area (Å²) in [4.78, 5) is 35.9. The minimum Gasteiger partial charge on any atom is -0.388 e. The molecule has 1 aromatic heterocycles. The number of nitrogens with one attached hydrogen (secondary N) is 2. The van der Waals surface area contributed by atoms with Gasteiger partial charge >= 0.3 is 5.69 Å². The summed E-state index contributed by atoms with van der Waals surface area (Å²) in [6.07, 6.45) is 2.32. The molecule has 0 aliphatic rings. The predicted molar refractivity (Wildman–Crippen MR) is 69.9 cm³/mol. The number of nitrogens with zero attached hydrogens (tertiary/aromatic N) is 1. The van der Waals surface area contributed by atoms with Crippen LogP contribution in [0.4, 0.5) is 0 Å². The molecule has 1 aromatic rings. The van der Waals surface area contributed by atoms with Crippen molar-refractivity contribution in [2.45, 2.75) is 38.8 Å². The van der Waals surface area contributed by atoms with Crippen molar-refractivity contribution in [1.29, 1.82) is 0 Å². The predicted octanol–water partition coefficient (Wildman–Crippen LogP) is -0.796. The summed E-state index contributed by atoms with van der Waals surface area (Å²) < 4.78 is 1.09. The first kappa shape index (κ1) is 15.2. The molecule has 1 amide bonds. The topological polar surface area (TPSA) is 104 Å². The molecular weight excluding hydrogens is 250 g/mol. The van der Waals surface area contributed by atoms with Gasteiger partial charge < -0.3 is 10.4 Å². The molecule has 0 aliphatic heterocycles. The highest BCUT2D eigenvalue weighted by atomic mass is 16.3. The van der Waals surface area contributed by atoms with Gasteiger partial charge in [0.05, 0.1) is 5.60 Å². The van der Waals surface area contributed by atoms with Gasteiger partial charge in [-0.2, -0.15) is 0 Å². The summed E-state index contributed by atoms with van der Waals surface area (Å²) in [6, 6.07) is 1.17. The van der Waals surface area contributed by atoms with Crippen LogP contribution in [0.2, 0.25) is 0 Å². The highest BCUT2D eigenvalue weighted by molar-refractivity contribution is 5.75. The Kier molecular flexibility index (Phi) is 5.05. The van der Waals surface area contributed by atoms with Gasteiger partial charge in [0.2, 0.25) is 5.91 Å². The first-order chi connectivity index (χ1) is 8.90. The number of aliphatic hydroxyl groups is 1. The zero-order valence-corrected chi connectivity index (χ0v) is 11.1. The lowest BCUT2D eigenvalue weighted by Crippen LogP contribution is -2.44. The second-order valence-electron chi connectivity index (χ2n) is 4.45. The van der Waals surface area contributed by atoms with Gasteiger partial charge in [-0.25, -0.2) is 4.79 Å². The second kappa shape index (κ2) is 6.33. The van der Waals surface area contributed by atoms with Crippen LogP contribution in [0.1, 0.15) is 26.7 Å². The Morgan fingerprint density at radius 3 is 2.58 bits per heavy atom. The van der Waals surface area contributed by atoms with E-state index in [1.807, 2.05) is 13.8 Å². The van der Waals surface area contributed by atoms with Crippen molar-refractivity contribution >= 4 is 5.91 Å². The molecule has 0 spiro atoms. The van der Waals surface area contributed by atoms with Gasteiger partial charge in [0.25, 0.3) is 5.56 Å². The van der Waals surface area contributed by atoms with Crippen LogP contribution >= 0.6 is 0 Å². The van der Waals surface area contributed by atoms with Crippen LogP contribution in [-0.4, -0.2) is 32.7 Å². The van der Waals surface area contributed by atoms with Crippen molar-refractivity contribution in [1.82, 2.24) is 14.9 Å². The van der Waals surface area contributed by atoms with Crippen LogP contribution in [0.3, 0.4) is 0 Å². The van der Waals surface area contributed by atoms with E-state index in [0.717, 1.165) is 4.57 Å². The van der Waals surface area contributed by atoms with E-state index in [4.69, 9.17) is 0 Å². The molecule has 0 saturated heterocycles. The summed E-state index contributed by atoms with van der Waals surface area (Å²) in [5, 5.41) is 12.6. The largest absolute Gasteiger partial charge is 0.388 e. The fraction of sp³-hybridized carbons (Fsp3) is 0.583. The number of H-pyrrole nitrogens is 1. The average molecular weight is 269 g/mol. The molecule has 0 radical (unpaired) electrons. The molecule has 0 fully saturated rings. The summed E-state index contributed by atoms with van der Waals surface area (Å²) in [7, 11) is 0. The molecule has 7 nitrogen and oxygen atoms in total. The number of aromatic nitrogens is 2. The van der Waals surface area contributed by atoms with E-state index in [-0.39, 0.29) is 13.1 Å². The third-order valence-corrected chi connectivity index (χ3v) is 3.14. The Hall–Kier alpha value is -1.89. The summed E-state index contributed by atoms with van der Waals surface area (Å²) in [6.45, 7) is 3.61. The highest BCUT2D eigenvalue weighted by Crippen LogP contribution is 2.12. The first-order valence-electron chi connectivity index (χ1n) is 6.19. The molecule has 106 valence electrons. The Balaban J connectivity index is 2.61. The maximum Gasteiger partial charge on any atom is 0.328 e. The van der Waals surface area contributed by atoms with Gasteiger partial charge in [-0.15, -0.1) is 0 Å². The van der Waals surface area contributed by atoms with Crippen molar-refractivity contribution in [3.05, 3.63) is 33.1 Å². The Labute approximate surface area is 110 Å². The van der Waals surface area contributed by atoms with E-state index in [1.165, 1.54) is 12.3 Å². The van der Waals surface area contributed by atoms with Crippen LogP contribution in [0.5, 0.6) is 0 Å². The zero-order valence-electron chi connectivity index (χ0n) is 11.1. The van der Waals surface area contributed by atoms with E-state index in [0.29, 0.717) is 12.8 Å².